The molecule has 2 heterocycles. The number of H-pyrrole nitrogens is 1. The Morgan fingerprint density at radius 2 is 1.63 bits per heavy atom. The Hall–Kier alpha value is -4.19. The van der Waals surface area contributed by atoms with E-state index in [0.717, 1.165) is 22.0 Å². The van der Waals surface area contributed by atoms with Crippen LogP contribution < -0.4 is 10.6 Å². The summed E-state index contributed by atoms with van der Waals surface area (Å²) in [5, 5.41) is 6.45. The van der Waals surface area contributed by atoms with Crippen LogP contribution in [-0.2, 0) is 4.79 Å². The van der Waals surface area contributed by atoms with Gasteiger partial charge in [0.2, 0.25) is 6.17 Å². The van der Waals surface area contributed by atoms with Crippen LogP contribution in [0.5, 0.6) is 0 Å². The lowest BCUT2D eigenvalue weighted by atomic mass is 10.0. The number of carbonyl (C=O) groups excluding carboxylic acids is 2. The standard InChI is InChI=1S/C24H18N4O2/c29-23(18-14-25-19-12-6-4-10-16(18)19)28-22-24(30)26-20-13-7-5-11-17(20)21(27-22)15-8-2-1-3-9-15/h1-14,22,25H,(H,26,30)(H,28,29)/t22-/m1/s1. The fourth-order valence-electron chi connectivity index (χ4n) is 3.64. The largest absolute Gasteiger partial charge is 0.360 e. The molecule has 1 aliphatic rings. The fraction of sp³-hybridized carbons (Fsp3) is 0.0417. The molecule has 0 bridgehead atoms. The van der Waals surface area contributed by atoms with Crippen LogP contribution >= 0.6 is 0 Å². The predicted molar refractivity (Wildman–Crippen MR) is 117 cm³/mol. The Bertz CT molecular complexity index is 1290. The highest BCUT2D eigenvalue weighted by Crippen LogP contribution is 2.24. The Labute approximate surface area is 172 Å². The first-order chi connectivity index (χ1) is 14.7. The number of hydrogen-bond acceptors (Lipinski definition) is 3. The summed E-state index contributed by atoms with van der Waals surface area (Å²) in [6.07, 6.45) is 0.583. The summed E-state index contributed by atoms with van der Waals surface area (Å²) in [4.78, 5) is 33.6. The number of nitrogens with zero attached hydrogens (tertiary/aromatic N) is 1. The summed E-state index contributed by atoms with van der Waals surface area (Å²) < 4.78 is 0. The summed E-state index contributed by atoms with van der Waals surface area (Å²) in [6.45, 7) is 0. The van der Waals surface area contributed by atoms with E-state index in [-0.39, 0.29) is 11.8 Å². The normalized spacial score (nSPS) is 15.7. The third-order valence-corrected chi connectivity index (χ3v) is 5.10. The van der Waals surface area contributed by atoms with Gasteiger partial charge in [-0.15, -0.1) is 0 Å². The molecule has 0 radical (unpaired) electrons. The van der Waals surface area contributed by atoms with Crippen LogP contribution in [0.15, 0.2) is 90.1 Å². The minimum atomic E-state index is -1.06. The third kappa shape index (κ3) is 3.14. The second kappa shape index (κ2) is 7.33. The SMILES string of the molecule is O=C(N[C@H]1N=C(c2ccccc2)c2ccccc2NC1=O)c1c[nH]c2ccccc12. The molecule has 0 saturated heterocycles. The number of hydrogen-bond donors (Lipinski definition) is 3. The molecule has 146 valence electrons. The van der Waals surface area contributed by atoms with Gasteiger partial charge >= 0.3 is 0 Å². The molecule has 0 spiro atoms. The second-order valence-electron chi connectivity index (χ2n) is 7.00. The van der Waals surface area contributed by atoms with Gasteiger partial charge in [0.1, 0.15) is 0 Å². The number of benzene rings is 3. The van der Waals surface area contributed by atoms with E-state index >= 15 is 0 Å². The van der Waals surface area contributed by atoms with Crippen molar-refractivity contribution in [2.24, 2.45) is 4.99 Å². The Morgan fingerprint density at radius 3 is 2.50 bits per heavy atom. The van der Waals surface area contributed by atoms with Gasteiger partial charge in [0, 0.05) is 28.2 Å². The van der Waals surface area contributed by atoms with E-state index in [1.165, 1.54) is 0 Å². The highest BCUT2D eigenvalue weighted by molar-refractivity contribution is 6.20. The molecule has 6 heteroatoms. The number of rotatable bonds is 3. The lowest BCUT2D eigenvalue weighted by Gasteiger charge is -2.13. The van der Waals surface area contributed by atoms with Crippen LogP contribution in [-0.4, -0.2) is 28.7 Å². The number of para-hydroxylation sites is 2. The average molecular weight is 394 g/mol. The topological polar surface area (TPSA) is 86.3 Å². The number of amides is 2. The third-order valence-electron chi connectivity index (χ3n) is 5.10. The van der Waals surface area contributed by atoms with Crippen LogP contribution in [0.2, 0.25) is 0 Å². The number of nitrogens with one attached hydrogen (secondary N) is 3. The van der Waals surface area contributed by atoms with Crippen molar-refractivity contribution in [1.82, 2.24) is 10.3 Å². The molecule has 5 rings (SSSR count). The van der Waals surface area contributed by atoms with Crippen LogP contribution in [0.25, 0.3) is 10.9 Å². The lowest BCUT2D eigenvalue weighted by molar-refractivity contribution is -0.117. The van der Waals surface area contributed by atoms with Crippen molar-refractivity contribution in [1.29, 1.82) is 0 Å². The highest BCUT2D eigenvalue weighted by Gasteiger charge is 2.27. The number of aromatic nitrogens is 1. The number of fused-ring (bicyclic) bond motifs is 2. The van der Waals surface area contributed by atoms with E-state index in [1.807, 2.05) is 78.9 Å². The van der Waals surface area contributed by atoms with Crippen molar-refractivity contribution >= 4 is 34.1 Å². The molecule has 0 saturated carbocycles. The molecule has 0 fully saturated rings. The summed E-state index contributed by atoms with van der Waals surface area (Å²) in [7, 11) is 0. The molecule has 1 atom stereocenters. The molecule has 0 aliphatic carbocycles. The lowest BCUT2D eigenvalue weighted by Crippen LogP contribution is -2.42. The van der Waals surface area contributed by atoms with Gasteiger partial charge in [-0.1, -0.05) is 66.7 Å². The maximum atomic E-state index is 13.0. The van der Waals surface area contributed by atoms with Gasteiger partial charge < -0.3 is 15.6 Å². The summed E-state index contributed by atoms with van der Waals surface area (Å²) in [6, 6.07) is 24.6. The zero-order valence-electron chi connectivity index (χ0n) is 15.9. The minimum Gasteiger partial charge on any atom is -0.360 e. The van der Waals surface area contributed by atoms with E-state index in [1.54, 1.807) is 6.20 Å². The van der Waals surface area contributed by atoms with E-state index < -0.39 is 6.17 Å². The van der Waals surface area contributed by atoms with Crippen molar-refractivity contribution in [2.45, 2.75) is 6.17 Å². The Balaban J connectivity index is 1.55. The van der Waals surface area contributed by atoms with Gasteiger partial charge in [0.05, 0.1) is 17.0 Å². The molecule has 2 amide bonds. The Kier molecular flexibility index (Phi) is 4.37. The number of benzodiazepines with no additional fused rings is 1. The molecule has 6 nitrogen and oxygen atoms in total. The number of aliphatic imine (C=N–C) groups is 1. The second-order valence-corrected chi connectivity index (χ2v) is 7.00. The smallest absolute Gasteiger partial charge is 0.269 e. The maximum Gasteiger partial charge on any atom is 0.269 e. The van der Waals surface area contributed by atoms with E-state index in [9.17, 15) is 9.59 Å². The van der Waals surface area contributed by atoms with E-state index in [2.05, 4.69) is 20.6 Å². The van der Waals surface area contributed by atoms with Crippen LogP contribution in [0.1, 0.15) is 21.5 Å². The fourth-order valence-corrected chi connectivity index (χ4v) is 3.64. The minimum absolute atomic E-state index is 0.366. The molecule has 4 aromatic rings. The zero-order valence-corrected chi connectivity index (χ0v) is 15.9. The van der Waals surface area contributed by atoms with Crippen molar-refractivity contribution in [3.63, 3.8) is 0 Å². The van der Waals surface area contributed by atoms with Crippen LogP contribution in [0.4, 0.5) is 5.69 Å². The van der Waals surface area contributed by atoms with Crippen molar-refractivity contribution < 1.29 is 9.59 Å². The van der Waals surface area contributed by atoms with Gasteiger partial charge in [0.15, 0.2) is 0 Å². The van der Waals surface area contributed by atoms with E-state index in [0.29, 0.717) is 17.0 Å². The number of aromatic amines is 1. The summed E-state index contributed by atoms with van der Waals surface area (Å²) >= 11 is 0. The van der Waals surface area contributed by atoms with Crippen LogP contribution in [0.3, 0.4) is 0 Å². The molecule has 30 heavy (non-hydrogen) atoms. The van der Waals surface area contributed by atoms with Gasteiger partial charge in [-0.05, 0) is 12.1 Å². The van der Waals surface area contributed by atoms with E-state index in [4.69, 9.17) is 0 Å². The van der Waals surface area contributed by atoms with Gasteiger partial charge in [-0.2, -0.15) is 0 Å². The van der Waals surface area contributed by atoms with Gasteiger partial charge in [0.25, 0.3) is 11.8 Å². The number of anilines is 1. The maximum absolute atomic E-state index is 13.0. The predicted octanol–water partition coefficient (Wildman–Crippen LogP) is 3.71. The molecular weight excluding hydrogens is 376 g/mol. The first-order valence-corrected chi connectivity index (χ1v) is 9.61. The first-order valence-electron chi connectivity index (χ1n) is 9.61. The monoisotopic (exact) mass is 394 g/mol. The van der Waals surface area contributed by atoms with Gasteiger partial charge in [-0.3, -0.25) is 9.59 Å². The Morgan fingerprint density at radius 1 is 0.900 bits per heavy atom. The van der Waals surface area contributed by atoms with Crippen LogP contribution in [0, 0.1) is 0 Å². The summed E-state index contributed by atoms with van der Waals surface area (Å²) in [5.74, 6) is -0.753. The first kappa shape index (κ1) is 17.9. The summed E-state index contributed by atoms with van der Waals surface area (Å²) in [5.41, 5.74) is 4.31. The molecule has 1 aromatic heterocycles. The van der Waals surface area contributed by atoms with Crippen molar-refractivity contribution in [3.8, 4) is 0 Å². The quantitative estimate of drug-likeness (QED) is 0.495. The number of carbonyl (C=O) groups is 2. The highest BCUT2D eigenvalue weighted by atomic mass is 16.2. The molecular formula is C24H18N4O2. The molecule has 3 N–H and O–H groups in total. The van der Waals surface area contributed by atoms with Gasteiger partial charge in [-0.25, -0.2) is 4.99 Å². The van der Waals surface area contributed by atoms with Crippen molar-refractivity contribution in [2.75, 3.05) is 5.32 Å². The zero-order chi connectivity index (χ0) is 20.5. The molecule has 0 unspecified atom stereocenters. The molecule has 1 aliphatic heterocycles. The molecule has 3 aromatic carbocycles. The average Bonchev–Trinajstić information content (AvgIpc) is 3.16. The van der Waals surface area contributed by atoms with Crippen molar-refractivity contribution in [3.05, 3.63) is 102 Å².